The summed E-state index contributed by atoms with van der Waals surface area (Å²) in [5, 5.41) is 4.49. The number of amides is 2. The van der Waals surface area contributed by atoms with Gasteiger partial charge in [-0.05, 0) is 79.4 Å². The van der Waals surface area contributed by atoms with Crippen molar-refractivity contribution in [3.63, 3.8) is 0 Å². The molecule has 1 saturated carbocycles. The Morgan fingerprint density at radius 3 is 2.17 bits per heavy atom. The highest BCUT2D eigenvalue weighted by Gasteiger charge is 2.35. The summed E-state index contributed by atoms with van der Waals surface area (Å²) >= 11 is 24.8. The molecule has 3 aromatic carbocycles. The van der Waals surface area contributed by atoms with E-state index in [0.717, 1.165) is 30.0 Å². The van der Waals surface area contributed by atoms with Crippen LogP contribution in [0.25, 0.3) is 0 Å². The van der Waals surface area contributed by atoms with E-state index in [0.29, 0.717) is 32.1 Å². The molecule has 1 aliphatic rings. The van der Waals surface area contributed by atoms with Gasteiger partial charge < -0.3 is 10.2 Å². The van der Waals surface area contributed by atoms with Crippen LogP contribution in [0, 0.1) is 0 Å². The SMILES string of the molecule is CC[C@@H](C(=O)NC1CCCC1)N(Cc1ccc(Cl)cc1Cl)C(=O)CN(c1cccc(Cl)c1)S(=O)(=O)c1ccc(Cl)cc1. The van der Waals surface area contributed by atoms with E-state index in [2.05, 4.69) is 5.32 Å². The summed E-state index contributed by atoms with van der Waals surface area (Å²) in [6.07, 6.45) is 4.11. The fraction of sp³-hybridized carbons (Fsp3) is 0.333. The highest BCUT2D eigenvalue weighted by Crippen LogP contribution is 2.29. The molecule has 0 saturated heterocycles. The molecule has 2 amide bonds. The highest BCUT2D eigenvalue weighted by atomic mass is 35.5. The van der Waals surface area contributed by atoms with E-state index >= 15 is 0 Å². The number of nitrogens with one attached hydrogen (secondary N) is 1. The maximum atomic E-state index is 14.2. The van der Waals surface area contributed by atoms with E-state index in [1.54, 1.807) is 36.4 Å². The maximum absolute atomic E-state index is 14.2. The summed E-state index contributed by atoms with van der Waals surface area (Å²) < 4.78 is 28.8. The Kier molecular flexibility index (Phi) is 11.1. The van der Waals surface area contributed by atoms with Gasteiger partial charge in [0.05, 0.1) is 10.6 Å². The Labute approximate surface area is 266 Å². The Morgan fingerprint density at radius 1 is 0.905 bits per heavy atom. The van der Waals surface area contributed by atoms with Gasteiger partial charge in [-0.25, -0.2) is 8.42 Å². The number of carbonyl (C=O) groups is 2. The molecular formula is C30H31Cl4N3O4S. The van der Waals surface area contributed by atoms with Gasteiger partial charge in [-0.1, -0.05) is 78.3 Å². The van der Waals surface area contributed by atoms with Gasteiger partial charge in [0.15, 0.2) is 0 Å². The van der Waals surface area contributed by atoms with E-state index in [-0.39, 0.29) is 29.1 Å². The van der Waals surface area contributed by atoms with Crippen LogP contribution in [-0.2, 0) is 26.2 Å². The molecule has 1 atom stereocenters. The molecule has 7 nitrogen and oxygen atoms in total. The van der Waals surface area contributed by atoms with Gasteiger partial charge in [-0.2, -0.15) is 0 Å². The smallest absolute Gasteiger partial charge is 0.264 e. The van der Waals surface area contributed by atoms with Crippen molar-refractivity contribution in [3.05, 3.63) is 92.4 Å². The number of benzene rings is 3. The molecule has 1 N–H and O–H groups in total. The first-order chi connectivity index (χ1) is 20.0. The fourth-order valence-corrected chi connectivity index (χ4v) is 7.20. The molecule has 0 aromatic heterocycles. The van der Waals surface area contributed by atoms with Gasteiger partial charge in [0.2, 0.25) is 11.8 Å². The van der Waals surface area contributed by atoms with Crippen molar-refractivity contribution in [2.75, 3.05) is 10.8 Å². The number of sulfonamides is 1. The molecular weight excluding hydrogens is 640 g/mol. The topological polar surface area (TPSA) is 86.8 Å². The van der Waals surface area contributed by atoms with Crippen LogP contribution in [0.1, 0.15) is 44.6 Å². The molecule has 1 fully saturated rings. The van der Waals surface area contributed by atoms with Gasteiger partial charge >= 0.3 is 0 Å². The summed E-state index contributed by atoms with van der Waals surface area (Å²) in [5.74, 6) is -0.885. The van der Waals surface area contributed by atoms with Gasteiger partial charge in [0.1, 0.15) is 12.6 Å². The predicted octanol–water partition coefficient (Wildman–Crippen LogP) is 7.36. The first-order valence-electron chi connectivity index (χ1n) is 13.6. The number of carbonyl (C=O) groups excluding carboxylic acids is 2. The molecule has 0 bridgehead atoms. The monoisotopic (exact) mass is 669 g/mol. The van der Waals surface area contributed by atoms with Gasteiger partial charge in [0.25, 0.3) is 10.0 Å². The zero-order chi connectivity index (χ0) is 30.4. The lowest BCUT2D eigenvalue weighted by Crippen LogP contribution is -2.53. The van der Waals surface area contributed by atoms with Crippen molar-refractivity contribution in [3.8, 4) is 0 Å². The summed E-state index contributed by atoms with van der Waals surface area (Å²) in [7, 11) is -4.25. The molecule has 3 aromatic rings. The standard InChI is InChI=1S/C30H31Cl4N3O4S/c1-2-28(30(39)35-24-7-3-4-8-24)36(18-20-10-11-23(33)17-27(20)34)29(38)19-37(25-9-5-6-22(32)16-25)42(40,41)26-14-12-21(31)13-15-26/h5-6,9-17,24,28H,2-4,7-8,18-19H2,1H3,(H,35,39)/t28-/m0/s1. The van der Waals surface area contributed by atoms with Crippen molar-refractivity contribution < 1.29 is 18.0 Å². The second kappa shape index (κ2) is 14.3. The van der Waals surface area contributed by atoms with Crippen LogP contribution in [-0.4, -0.2) is 43.8 Å². The highest BCUT2D eigenvalue weighted by molar-refractivity contribution is 7.92. The van der Waals surface area contributed by atoms with Crippen LogP contribution in [0.2, 0.25) is 20.1 Å². The zero-order valence-electron chi connectivity index (χ0n) is 22.9. The first-order valence-corrected chi connectivity index (χ1v) is 16.5. The summed E-state index contributed by atoms with van der Waals surface area (Å²) in [5.41, 5.74) is 0.759. The molecule has 224 valence electrons. The normalized spacial score (nSPS) is 14.4. The fourth-order valence-electron chi connectivity index (χ4n) is 5.01. The molecule has 0 aliphatic heterocycles. The van der Waals surface area contributed by atoms with E-state index in [4.69, 9.17) is 46.4 Å². The summed E-state index contributed by atoms with van der Waals surface area (Å²) in [4.78, 5) is 29.0. The third-order valence-corrected chi connectivity index (χ3v) is 10.1. The van der Waals surface area contributed by atoms with Crippen molar-refractivity contribution in [2.45, 2.75) is 62.6 Å². The molecule has 12 heteroatoms. The molecule has 4 rings (SSSR count). The van der Waals surface area contributed by atoms with Crippen molar-refractivity contribution in [1.82, 2.24) is 10.2 Å². The average molecular weight is 671 g/mol. The van der Waals surface area contributed by atoms with Crippen molar-refractivity contribution in [1.29, 1.82) is 0 Å². The molecule has 42 heavy (non-hydrogen) atoms. The van der Waals surface area contributed by atoms with Crippen molar-refractivity contribution in [2.24, 2.45) is 0 Å². The number of hydrogen-bond acceptors (Lipinski definition) is 4. The van der Waals surface area contributed by atoms with Crippen molar-refractivity contribution >= 4 is 73.9 Å². The Hall–Kier alpha value is -2.49. The van der Waals surface area contributed by atoms with Crippen LogP contribution in [0.5, 0.6) is 0 Å². The van der Waals surface area contributed by atoms with Gasteiger partial charge in [0, 0.05) is 32.7 Å². The second-order valence-electron chi connectivity index (χ2n) is 10.1. The minimum Gasteiger partial charge on any atom is -0.352 e. The first kappa shape index (κ1) is 32.4. The van der Waals surface area contributed by atoms with E-state index in [1.807, 2.05) is 6.92 Å². The molecule has 0 spiro atoms. The zero-order valence-corrected chi connectivity index (χ0v) is 26.7. The largest absolute Gasteiger partial charge is 0.352 e. The number of nitrogens with zero attached hydrogens (tertiary/aromatic N) is 2. The van der Waals surface area contributed by atoms with E-state index in [1.165, 1.54) is 35.2 Å². The van der Waals surface area contributed by atoms with Gasteiger partial charge in [-0.15, -0.1) is 0 Å². The third-order valence-electron chi connectivity index (χ3n) is 7.22. The minimum absolute atomic E-state index is 0.0319. The average Bonchev–Trinajstić information content (AvgIpc) is 3.45. The Balaban J connectivity index is 1.73. The lowest BCUT2D eigenvalue weighted by atomic mass is 10.1. The van der Waals surface area contributed by atoms with E-state index in [9.17, 15) is 18.0 Å². The summed E-state index contributed by atoms with van der Waals surface area (Å²) in [6.45, 7) is 1.18. The second-order valence-corrected chi connectivity index (χ2v) is 13.7. The number of anilines is 1. The summed E-state index contributed by atoms with van der Waals surface area (Å²) in [6, 6.07) is 15.9. The van der Waals surface area contributed by atoms with Crippen LogP contribution in [0.15, 0.2) is 71.6 Å². The lowest BCUT2D eigenvalue weighted by molar-refractivity contribution is -0.140. The van der Waals surface area contributed by atoms with E-state index < -0.39 is 28.5 Å². The van der Waals surface area contributed by atoms with Crippen LogP contribution >= 0.6 is 46.4 Å². The molecule has 1 aliphatic carbocycles. The lowest BCUT2D eigenvalue weighted by Gasteiger charge is -2.34. The van der Waals surface area contributed by atoms with Gasteiger partial charge in [-0.3, -0.25) is 13.9 Å². The minimum atomic E-state index is -4.25. The molecule has 0 unspecified atom stereocenters. The molecule has 0 radical (unpaired) electrons. The quantitative estimate of drug-likeness (QED) is 0.231. The number of halogens is 4. The van der Waals surface area contributed by atoms with Crippen LogP contribution < -0.4 is 9.62 Å². The maximum Gasteiger partial charge on any atom is 0.264 e. The van der Waals surface area contributed by atoms with Crippen LogP contribution in [0.3, 0.4) is 0 Å². The molecule has 0 heterocycles. The Bertz CT molecular complexity index is 1530. The number of hydrogen-bond donors (Lipinski definition) is 1. The number of rotatable bonds is 11. The third kappa shape index (κ3) is 7.91. The Morgan fingerprint density at radius 2 is 1.55 bits per heavy atom. The predicted molar refractivity (Wildman–Crippen MR) is 169 cm³/mol. The van der Waals surface area contributed by atoms with Crippen LogP contribution in [0.4, 0.5) is 5.69 Å².